The summed E-state index contributed by atoms with van der Waals surface area (Å²) in [6.45, 7) is 7.46. The molecule has 0 aliphatic carbocycles. The number of guanidine groups is 1. The lowest BCUT2D eigenvalue weighted by Crippen LogP contribution is -2.47. The molecule has 178 valence electrons. The second kappa shape index (κ2) is 11.9. The number of primary amides is 1. The number of nitrogens with two attached hydrogens (primary N) is 3. The number of aliphatic imine (C=N–C) groups is 1. The lowest BCUT2D eigenvalue weighted by atomic mass is 10.0. The van der Waals surface area contributed by atoms with Gasteiger partial charge in [0.05, 0.1) is 16.3 Å². The molecule has 9 N–H and O–H groups in total. The van der Waals surface area contributed by atoms with Crippen LogP contribution in [0.2, 0.25) is 0 Å². The summed E-state index contributed by atoms with van der Waals surface area (Å²) in [5.41, 5.74) is 23.2. The zero-order valence-corrected chi connectivity index (χ0v) is 19.4. The maximum atomic E-state index is 12.7. The van der Waals surface area contributed by atoms with E-state index in [2.05, 4.69) is 32.7 Å². The number of benzene rings is 1. The topological polar surface area (TPSA) is 191 Å². The maximum Gasteiger partial charge on any atom is 0.251 e. The summed E-state index contributed by atoms with van der Waals surface area (Å²) in [5.74, 6) is -1.25. The Labute approximate surface area is 195 Å². The molecule has 2 atom stereocenters. The van der Waals surface area contributed by atoms with Gasteiger partial charge >= 0.3 is 0 Å². The molecule has 1 aromatic carbocycles. The zero-order chi connectivity index (χ0) is 24.5. The van der Waals surface area contributed by atoms with Crippen molar-refractivity contribution in [3.8, 4) is 0 Å². The molecule has 0 radical (unpaired) electrons. The van der Waals surface area contributed by atoms with Crippen molar-refractivity contribution in [2.45, 2.75) is 38.8 Å². The number of fused-ring (bicyclic) bond motifs is 1. The third-order valence-electron chi connectivity index (χ3n) is 4.72. The Morgan fingerprint density at radius 3 is 2.64 bits per heavy atom. The first kappa shape index (κ1) is 25.7. The average Bonchev–Trinajstić information content (AvgIpc) is 3.20. The Kier molecular flexibility index (Phi) is 9.30. The first-order valence-electron chi connectivity index (χ1n) is 10.4. The Morgan fingerprint density at radius 1 is 1.27 bits per heavy atom. The molecule has 0 fully saturated rings. The molecule has 0 unspecified atom stereocenters. The van der Waals surface area contributed by atoms with E-state index in [1.165, 1.54) is 6.20 Å². The van der Waals surface area contributed by atoms with Gasteiger partial charge in [-0.1, -0.05) is 20.4 Å². The summed E-state index contributed by atoms with van der Waals surface area (Å²) in [6, 6.07) is 3.36. The number of nitrogens with one attached hydrogen (secondary N) is 3. The number of rotatable bonds is 12. The molecule has 2 aromatic rings. The van der Waals surface area contributed by atoms with E-state index in [-0.39, 0.29) is 22.7 Å². The van der Waals surface area contributed by atoms with Crippen LogP contribution in [0, 0.1) is 5.92 Å². The molecule has 2 amide bonds. The third kappa shape index (κ3) is 7.26. The van der Waals surface area contributed by atoms with Crippen LogP contribution in [0.15, 0.2) is 36.0 Å². The fourth-order valence-corrected chi connectivity index (χ4v) is 3.94. The third-order valence-corrected chi connectivity index (χ3v) is 5.75. The molecule has 0 bridgehead atoms. The van der Waals surface area contributed by atoms with Crippen molar-refractivity contribution >= 4 is 45.1 Å². The van der Waals surface area contributed by atoms with Gasteiger partial charge in [0.15, 0.2) is 5.01 Å². The molecule has 1 heterocycles. The molecule has 12 heteroatoms. The van der Waals surface area contributed by atoms with E-state index in [0.717, 1.165) is 11.3 Å². The number of ketones is 1. The highest BCUT2D eigenvalue weighted by molar-refractivity contribution is 7.20. The Hall–Kier alpha value is -3.51. The SMILES string of the molecule is C=CNNC(N)=NCCC[C@H](N)C(=O)c1nc2ccc(C(=O)N[C@H](C(N)=O)C(C)C)cc2s1. The van der Waals surface area contributed by atoms with Gasteiger partial charge in [-0.25, -0.2) is 4.98 Å². The standard InChI is InChI=1S/C21H30N8O3S/c1-4-26-29-21(24)25-9-5-6-13(22)17(30)20-27-14-8-7-12(10-15(14)33-20)19(32)28-16(11(2)3)18(23)31/h4,7-8,10-11,13,16,26H,1,5-6,9,22H2,2-3H3,(H2,23,31)(H,28,32)(H3,24,25,29)/t13-,16-/m0/s1. The van der Waals surface area contributed by atoms with E-state index in [1.54, 1.807) is 32.0 Å². The molecule has 0 aliphatic rings. The lowest BCUT2D eigenvalue weighted by molar-refractivity contribution is -0.120. The molecule has 0 spiro atoms. The van der Waals surface area contributed by atoms with E-state index in [0.29, 0.717) is 35.2 Å². The number of carbonyl (C=O) groups excluding carboxylic acids is 3. The predicted octanol–water partition coefficient (Wildman–Crippen LogP) is 0.379. The Morgan fingerprint density at radius 2 is 2.00 bits per heavy atom. The van der Waals surface area contributed by atoms with Crippen LogP contribution < -0.4 is 33.4 Å². The van der Waals surface area contributed by atoms with Crippen LogP contribution in [0.3, 0.4) is 0 Å². The largest absolute Gasteiger partial charge is 0.369 e. The van der Waals surface area contributed by atoms with Crippen molar-refractivity contribution in [3.63, 3.8) is 0 Å². The van der Waals surface area contributed by atoms with Crippen molar-refractivity contribution in [2.24, 2.45) is 28.1 Å². The number of hydrogen-bond donors (Lipinski definition) is 6. The van der Waals surface area contributed by atoms with Crippen LogP contribution in [-0.4, -0.2) is 47.2 Å². The van der Waals surface area contributed by atoms with Gasteiger partial charge in [-0.05, 0) is 37.0 Å². The molecule has 33 heavy (non-hydrogen) atoms. The second-order valence-electron chi connectivity index (χ2n) is 7.65. The van der Waals surface area contributed by atoms with Gasteiger partial charge < -0.3 is 27.9 Å². The van der Waals surface area contributed by atoms with Crippen LogP contribution >= 0.6 is 11.3 Å². The van der Waals surface area contributed by atoms with E-state index in [9.17, 15) is 14.4 Å². The highest BCUT2D eigenvalue weighted by Gasteiger charge is 2.23. The number of amides is 2. The smallest absolute Gasteiger partial charge is 0.251 e. The zero-order valence-electron chi connectivity index (χ0n) is 18.6. The minimum absolute atomic E-state index is 0.147. The van der Waals surface area contributed by atoms with Crippen molar-refractivity contribution in [1.82, 2.24) is 21.2 Å². The number of hydrogen-bond acceptors (Lipinski definition) is 8. The van der Waals surface area contributed by atoms with Crippen LogP contribution in [0.4, 0.5) is 0 Å². The number of hydrazine groups is 1. The normalized spacial score (nSPS) is 13.4. The molecular formula is C21H30N8O3S. The molecule has 2 rings (SSSR count). The lowest BCUT2D eigenvalue weighted by Gasteiger charge is -2.18. The van der Waals surface area contributed by atoms with Crippen molar-refractivity contribution in [3.05, 3.63) is 41.5 Å². The van der Waals surface area contributed by atoms with E-state index < -0.39 is 23.9 Å². The fraction of sp³-hybridized carbons (Fsp3) is 0.381. The summed E-state index contributed by atoms with van der Waals surface area (Å²) >= 11 is 1.16. The Bertz CT molecular complexity index is 1050. The predicted molar refractivity (Wildman–Crippen MR) is 129 cm³/mol. The van der Waals surface area contributed by atoms with Crippen molar-refractivity contribution in [2.75, 3.05) is 6.54 Å². The van der Waals surface area contributed by atoms with Gasteiger partial charge in [0.25, 0.3) is 5.91 Å². The molecular weight excluding hydrogens is 444 g/mol. The number of nitrogens with zero attached hydrogens (tertiary/aromatic N) is 2. The summed E-state index contributed by atoms with van der Waals surface area (Å²) in [6.07, 6.45) is 2.40. The minimum Gasteiger partial charge on any atom is -0.369 e. The van der Waals surface area contributed by atoms with E-state index in [1.807, 2.05) is 0 Å². The van der Waals surface area contributed by atoms with Gasteiger partial charge in [-0.15, -0.1) is 11.3 Å². The van der Waals surface area contributed by atoms with Crippen LogP contribution in [0.25, 0.3) is 10.2 Å². The quantitative estimate of drug-likeness (QED) is 0.0836. The highest BCUT2D eigenvalue weighted by atomic mass is 32.1. The van der Waals surface area contributed by atoms with Gasteiger partial charge in [-0.2, -0.15) is 0 Å². The fourth-order valence-electron chi connectivity index (χ4n) is 2.93. The monoisotopic (exact) mass is 474 g/mol. The molecule has 0 saturated heterocycles. The first-order valence-corrected chi connectivity index (χ1v) is 11.2. The number of thiazole rings is 1. The molecule has 0 aliphatic heterocycles. The Balaban J connectivity index is 2.02. The van der Waals surface area contributed by atoms with Crippen LogP contribution in [0.5, 0.6) is 0 Å². The summed E-state index contributed by atoms with van der Waals surface area (Å²) in [5, 5.41) is 2.91. The molecule has 0 saturated carbocycles. The van der Waals surface area contributed by atoms with Crippen molar-refractivity contribution < 1.29 is 14.4 Å². The first-order chi connectivity index (χ1) is 15.6. The van der Waals surface area contributed by atoms with E-state index in [4.69, 9.17) is 17.2 Å². The number of Topliss-reactive ketones (excluding diaryl/α,β-unsaturated/α-hetero) is 1. The number of carbonyl (C=O) groups is 3. The van der Waals surface area contributed by atoms with Gasteiger partial charge in [0.1, 0.15) is 6.04 Å². The van der Waals surface area contributed by atoms with Crippen LogP contribution in [0.1, 0.15) is 46.8 Å². The van der Waals surface area contributed by atoms with Crippen LogP contribution in [-0.2, 0) is 4.79 Å². The number of aromatic nitrogens is 1. The summed E-state index contributed by atoms with van der Waals surface area (Å²) in [7, 11) is 0. The van der Waals surface area contributed by atoms with Gasteiger partial charge in [0, 0.05) is 18.3 Å². The summed E-state index contributed by atoms with van der Waals surface area (Å²) in [4.78, 5) is 45.3. The molecule has 1 aromatic heterocycles. The van der Waals surface area contributed by atoms with E-state index >= 15 is 0 Å². The summed E-state index contributed by atoms with van der Waals surface area (Å²) < 4.78 is 0.663. The average molecular weight is 475 g/mol. The molecule has 11 nitrogen and oxygen atoms in total. The highest BCUT2D eigenvalue weighted by Crippen LogP contribution is 2.25. The second-order valence-corrected chi connectivity index (χ2v) is 8.68. The van der Waals surface area contributed by atoms with Crippen molar-refractivity contribution in [1.29, 1.82) is 0 Å². The van der Waals surface area contributed by atoms with Gasteiger partial charge in [0.2, 0.25) is 17.6 Å². The minimum atomic E-state index is -0.779. The maximum absolute atomic E-state index is 12.7. The van der Waals surface area contributed by atoms with Gasteiger partial charge in [-0.3, -0.25) is 24.8 Å².